The maximum Gasteiger partial charge on any atom is 0.252 e. The van der Waals surface area contributed by atoms with E-state index in [1.807, 2.05) is 6.92 Å². The van der Waals surface area contributed by atoms with Crippen molar-refractivity contribution >= 4 is 33.0 Å². The summed E-state index contributed by atoms with van der Waals surface area (Å²) in [6, 6.07) is 3.05. The van der Waals surface area contributed by atoms with Gasteiger partial charge < -0.3 is 5.11 Å². The number of nitrogens with zero attached hydrogens (tertiary/aromatic N) is 1. The Kier molecular flexibility index (Phi) is 3.05. The molecule has 2 rings (SSSR count). The Bertz CT molecular complexity index is 491. The molecule has 0 radical (unpaired) electrons. The minimum atomic E-state index is -3.46. The van der Waals surface area contributed by atoms with Crippen LogP contribution in [0.2, 0.25) is 4.34 Å². The summed E-state index contributed by atoms with van der Waals surface area (Å²) < 4.78 is 26.0. The van der Waals surface area contributed by atoms with Crippen molar-refractivity contribution < 1.29 is 13.5 Å². The van der Waals surface area contributed by atoms with Gasteiger partial charge in [0, 0.05) is 13.1 Å². The molecule has 1 fully saturated rings. The molecular weight excluding hydrogens is 270 g/mol. The average molecular weight is 282 g/mol. The number of rotatable bonds is 3. The Labute approximate surface area is 104 Å². The van der Waals surface area contributed by atoms with Crippen molar-refractivity contribution in [3.63, 3.8) is 0 Å². The number of hydrogen-bond acceptors (Lipinski definition) is 4. The third-order valence-electron chi connectivity index (χ3n) is 2.74. The molecule has 4 nitrogen and oxygen atoms in total. The van der Waals surface area contributed by atoms with Gasteiger partial charge in [-0.05, 0) is 18.6 Å². The summed E-state index contributed by atoms with van der Waals surface area (Å²) in [5.74, 6) is 0. The van der Waals surface area contributed by atoms with Crippen molar-refractivity contribution in [2.24, 2.45) is 0 Å². The molecule has 0 atom stereocenters. The molecule has 0 spiro atoms. The van der Waals surface area contributed by atoms with Crippen molar-refractivity contribution in [3.8, 4) is 0 Å². The van der Waals surface area contributed by atoms with Gasteiger partial charge in [-0.2, -0.15) is 4.31 Å². The zero-order valence-electron chi connectivity index (χ0n) is 8.68. The Morgan fingerprint density at radius 2 is 2.19 bits per heavy atom. The van der Waals surface area contributed by atoms with Gasteiger partial charge in [-0.3, -0.25) is 0 Å². The largest absolute Gasteiger partial charge is 0.387 e. The molecule has 1 saturated heterocycles. The van der Waals surface area contributed by atoms with Gasteiger partial charge in [0.2, 0.25) is 0 Å². The molecule has 1 N–H and O–H groups in total. The van der Waals surface area contributed by atoms with Gasteiger partial charge in [-0.25, -0.2) is 8.42 Å². The quantitative estimate of drug-likeness (QED) is 0.914. The van der Waals surface area contributed by atoms with E-state index in [0.29, 0.717) is 10.8 Å². The first-order valence-electron chi connectivity index (χ1n) is 4.85. The smallest absolute Gasteiger partial charge is 0.252 e. The second kappa shape index (κ2) is 3.96. The Balaban J connectivity index is 2.17. The highest BCUT2D eigenvalue weighted by Gasteiger charge is 2.46. The molecule has 16 heavy (non-hydrogen) atoms. The van der Waals surface area contributed by atoms with Gasteiger partial charge >= 0.3 is 0 Å². The number of aliphatic hydroxyl groups is 1. The lowest BCUT2D eigenvalue weighted by Gasteiger charge is -2.44. The highest BCUT2D eigenvalue weighted by molar-refractivity contribution is 7.91. The first-order chi connectivity index (χ1) is 7.37. The van der Waals surface area contributed by atoms with Crippen LogP contribution in [0.15, 0.2) is 16.3 Å². The van der Waals surface area contributed by atoms with Crippen LogP contribution in [0.5, 0.6) is 0 Å². The molecule has 0 unspecified atom stereocenters. The highest BCUT2D eigenvalue weighted by Crippen LogP contribution is 2.34. The minimum Gasteiger partial charge on any atom is -0.387 e. The SMILES string of the molecule is CCC1(O)CN(S(=O)(=O)c2ccc(Cl)s2)C1. The molecule has 1 aromatic rings. The van der Waals surface area contributed by atoms with Crippen LogP contribution in [0.3, 0.4) is 0 Å². The van der Waals surface area contributed by atoms with Crippen LogP contribution < -0.4 is 0 Å². The number of hydrogen-bond donors (Lipinski definition) is 1. The van der Waals surface area contributed by atoms with E-state index < -0.39 is 15.6 Å². The highest BCUT2D eigenvalue weighted by atomic mass is 35.5. The van der Waals surface area contributed by atoms with E-state index >= 15 is 0 Å². The van der Waals surface area contributed by atoms with Gasteiger partial charge in [-0.15, -0.1) is 11.3 Å². The van der Waals surface area contributed by atoms with E-state index in [1.54, 1.807) is 6.07 Å². The summed E-state index contributed by atoms with van der Waals surface area (Å²) in [6.45, 7) is 2.18. The predicted octanol–water partition coefficient (Wildman–Crippen LogP) is 1.55. The van der Waals surface area contributed by atoms with Gasteiger partial charge in [0.25, 0.3) is 10.0 Å². The summed E-state index contributed by atoms with van der Waals surface area (Å²) >= 11 is 6.74. The van der Waals surface area contributed by atoms with Crippen molar-refractivity contribution in [2.75, 3.05) is 13.1 Å². The standard InChI is InChI=1S/C9H12ClNO3S2/c1-2-9(12)5-11(6-9)16(13,14)8-4-3-7(10)15-8/h3-4,12H,2,5-6H2,1H3. The van der Waals surface area contributed by atoms with E-state index in [1.165, 1.54) is 10.4 Å². The summed E-state index contributed by atoms with van der Waals surface area (Å²) in [6.07, 6.45) is 0.560. The fourth-order valence-corrected chi connectivity index (χ4v) is 4.80. The molecule has 0 aliphatic carbocycles. The minimum absolute atomic E-state index is 0.168. The second-order valence-electron chi connectivity index (χ2n) is 3.91. The van der Waals surface area contributed by atoms with Crippen LogP contribution in [0.4, 0.5) is 0 Å². The van der Waals surface area contributed by atoms with Gasteiger partial charge in [0.1, 0.15) is 4.21 Å². The van der Waals surface area contributed by atoms with Crippen molar-refractivity contribution in [3.05, 3.63) is 16.5 Å². The first kappa shape index (κ1) is 12.3. The Morgan fingerprint density at radius 3 is 2.62 bits per heavy atom. The lowest BCUT2D eigenvalue weighted by Crippen LogP contribution is -2.62. The van der Waals surface area contributed by atoms with Crippen LogP contribution in [-0.2, 0) is 10.0 Å². The molecule has 90 valence electrons. The van der Waals surface area contributed by atoms with Gasteiger partial charge in [0.15, 0.2) is 0 Å². The van der Waals surface area contributed by atoms with Crippen LogP contribution in [0, 0.1) is 0 Å². The van der Waals surface area contributed by atoms with Gasteiger partial charge in [0.05, 0.1) is 9.94 Å². The number of β-amino-alcohol motifs (C(OH)–C–C–N with tert-alkyl or cyclic N) is 1. The monoisotopic (exact) mass is 281 g/mol. The third-order valence-corrected chi connectivity index (χ3v) is 6.23. The molecule has 0 aromatic carbocycles. The zero-order chi connectivity index (χ0) is 12.0. The molecule has 1 aliphatic rings. The fraction of sp³-hybridized carbons (Fsp3) is 0.556. The first-order valence-corrected chi connectivity index (χ1v) is 7.49. The van der Waals surface area contributed by atoms with Crippen LogP contribution >= 0.6 is 22.9 Å². The number of thiophene rings is 1. The van der Waals surface area contributed by atoms with E-state index in [9.17, 15) is 13.5 Å². The molecule has 1 aromatic heterocycles. The van der Waals surface area contributed by atoms with E-state index in [-0.39, 0.29) is 17.3 Å². The van der Waals surface area contributed by atoms with Crippen molar-refractivity contribution in [1.82, 2.24) is 4.31 Å². The second-order valence-corrected chi connectivity index (χ2v) is 7.79. The zero-order valence-corrected chi connectivity index (χ0v) is 11.1. The summed E-state index contributed by atoms with van der Waals surface area (Å²) in [5, 5.41) is 9.78. The van der Waals surface area contributed by atoms with Gasteiger partial charge in [-0.1, -0.05) is 18.5 Å². The van der Waals surface area contributed by atoms with E-state index in [2.05, 4.69) is 0 Å². The molecular formula is C9H12ClNO3S2. The topological polar surface area (TPSA) is 57.6 Å². The molecule has 2 heterocycles. The normalized spacial score (nSPS) is 20.7. The molecule has 0 saturated carbocycles. The maximum atomic E-state index is 12.0. The molecule has 1 aliphatic heterocycles. The summed E-state index contributed by atoms with van der Waals surface area (Å²) in [4.78, 5) is 0. The Hall–Kier alpha value is -0.140. The third kappa shape index (κ3) is 2.00. The number of halogens is 1. The molecule has 0 amide bonds. The van der Waals surface area contributed by atoms with E-state index in [0.717, 1.165) is 11.3 Å². The fourth-order valence-electron chi connectivity index (χ4n) is 1.57. The maximum absolute atomic E-state index is 12.0. The average Bonchev–Trinajstić information content (AvgIpc) is 2.60. The summed E-state index contributed by atoms with van der Waals surface area (Å²) in [5.41, 5.74) is -0.853. The molecule has 0 bridgehead atoms. The van der Waals surface area contributed by atoms with Crippen molar-refractivity contribution in [1.29, 1.82) is 0 Å². The Morgan fingerprint density at radius 1 is 1.56 bits per heavy atom. The van der Waals surface area contributed by atoms with Crippen LogP contribution in [0.25, 0.3) is 0 Å². The number of sulfonamides is 1. The van der Waals surface area contributed by atoms with Crippen LogP contribution in [-0.4, -0.2) is 36.5 Å². The van der Waals surface area contributed by atoms with E-state index in [4.69, 9.17) is 11.6 Å². The summed E-state index contributed by atoms with van der Waals surface area (Å²) in [7, 11) is -3.46. The lowest BCUT2D eigenvalue weighted by molar-refractivity contribution is -0.0612. The molecule has 7 heteroatoms. The van der Waals surface area contributed by atoms with Crippen LogP contribution in [0.1, 0.15) is 13.3 Å². The predicted molar refractivity (Wildman–Crippen MR) is 63.3 cm³/mol. The lowest BCUT2D eigenvalue weighted by atomic mass is 9.94. The van der Waals surface area contributed by atoms with Crippen molar-refractivity contribution in [2.45, 2.75) is 23.2 Å².